The van der Waals surface area contributed by atoms with Gasteiger partial charge >= 0.3 is 0 Å². The fourth-order valence-corrected chi connectivity index (χ4v) is 6.74. The molecule has 4 heteroatoms. The summed E-state index contributed by atoms with van der Waals surface area (Å²) < 4.78 is 0. The fraction of sp³-hybridized carbons (Fsp3) is 0.0244. The monoisotopic (exact) mass is 576 g/mol. The number of anilines is 1. The van der Waals surface area contributed by atoms with Gasteiger partial charge in [0.2, 0.25) is 0 Å². The molecule has 212 valence electrons. The molecule has 3 aromatic heterocycles. The molecule has 4 nitrogen and oxygen atoms in total. The van der Waals surface area contributed by atoms with Crippen LogP contribution in [0.25, 0.3) is 72.4 Å². The summed E-state index contributed by atoms with van der Waals surface area (Å²) in [5, 5.41) is 8.47. The smallest absolute Gasteiger partial charge is 0.0950 e. The van der Waals surface area contributed by atoms with Gasteiger partial charge in [-0.25, -0.2) is 9.97 Å². The van der Waals surface area contributed by atoms with Crippen LogP contribution in [-0.4, -0.2) is 15.0 Å². The van der Waals surface area contributed by atoms with E-state index in [2.05, 4.69) is 144 Å². The van der Waals surface area contributed by atoms with Crippen molar-refractivity contribution < 1.29 is 0 Å². The summed E-state index contributed by atoms with van der Waals surface area (Å²) in [5.74, 6) is 0. The molecule has 0 spiro atoms. The second-order valence-corrected chi connectivity index (χ2v) is 11.5. The highest BCUT2D eigenvalue weighted by Gasteiger charge is 2.23. The van der Waals surface area contributed by atoms with Crippen molar-refractivity contribution in [3.8, 4) is 33.8 Å². The maximum absolute atomic E-state index is 5.41. The molecule has 0 bridgehead atoms. The Morgan fingerprint density at radius 3 is 2.18 bits per heavy atom. The van der Waals surface area contributed by atoms with Gasteiger partial charge in [0.05, 0.1) is 39.8 Å². The predicted octanol–water partition coefficient (Wildman–Crippen LogP) is 10.4. The fourth-order valence-electron chi connectivity index (χ4n) is 6.74. The van der Waals surface area contributed by atoms with Crippen molar-refractivity contribution in [1.82, 2.24) is 15.0 Å². The van der Waals surface area contributed by atoms with Crippen molar-refractivity contribution in [1.29, 1.82) is 0 Å². The van der Waals surface area contributed by atoms with E-state index in [4.69, 9.17) is 9.97 Å². The lowest BCUT2D eigenvalue weighted by molar-refractivity contribution is 0.988. The number of hydrogen-bond acceptors (Lipinski definition) is 3. The number of aromatic amines is 1. The molecule has 1 atom stereocenters. The first-order valence-electron chi connectivity index (χ1n) is 15.3. The number of rotatable bonds is 4. The average Bonchev–Trinajstić information content (AvgIpc) is 3.66. The number of aromatic nitrogens is 3. The molecule has 0 saturated heterocycles. The van der Waals surface area contributed by atoms with Crippen molar-refractivity contribution in [2.45, 2.75) is 6.04 Å². The van der Waals surface area contributed by atoms with E-state index in [1.165, 1.54) is 16.5 Å². The van der Waals surface area contributed by atoms with Crippen LogP contribution in [0.4, 0.5) is 5.69 Å². The van der Waals surface area contributed by atoms with Gasteiger partial charge in [-0.05, 0) is 34.9 Å². The molecule has 1 aliphatic heterocycles. The van der Waals surface area contributed by atoms with E-state index < -0.39 is 0 Å². The number of para-hydroxylation sites is 1. The van der Waals surface area contributed by atoms with Gasteiger partial charge in [0.25, 0.3) is 0 Å². The number of nitrogens with one attached hydrogen (secondary N) is 2. The lowest BCUT2D eigenvalue weighted by Crippen LogP contribution is -2.14. The molecule has 0 aliphatic carbocycles. The van der Waals surface area contributed by atoms with Crippen LogP contribution in [-0.2, 0) is 0 Å². The second kappa shape index (κ2) is 10.3. The molecular weight excluding hydrogens is 548 g/mol. The van der Waals surface area contributed by atoms with Gasteiger partial charge in [0.15, 0.2) is 0 Å². The van der Waals surface area contributed by atoms with E-state index in [0.29, 0.717) is 0 Å². The van der Waals surface area contributed by atoms with E-state index in [0.717, 1.165) is 66.7 Å². The summed E-state index contributed by atoms with van der Waals surface area (Å²) in [7, 11) is 0. The van der Waals surface area contributed by atoms with E-state index in [-0.39, 0.29) is 6.04 Å². The molecule has 4 heterocycles. The SMILES string of the molecule is C1=CC(c2cccc3c2nc(-c2ccc[nH]2)c2cccc(-c4ccccc4)c23)Nc2c1ccc1ccc(-c3ccccc3)nc21. The maximum Gasteiger partial charge on any atom is 0.0950 e. The Labute approximate surface area is 260 Å². The van der Waals surface area contributed by atoms with Gasteiger partial charge in [-0.2, -0.15) is 0 Å². The summed E-state index contributed by atoms with van der Waals surface area (Å²) in [6, 6.07) is 46.8. The zero-order chi connectivity index (χ0) is 29.7. The Morgan fingerprint density at radius 1 is 0.578 bits per heavy atom. The number of nitrogens with zero attached hydrogens (tertiary/aromatic N) is 2. The highest BCUT2D eigenvalue weighted by molar-refractivity contribution is 6.17. The van der Waals surface area contributed by atoms with Crippen molar-refractivity contribution >= 4 is 44.3 Å². The van der Waals surface area contributed by atoms with Crippen LogP contribution < -0.4 is 5.32 Å². The summed E-state index contributed by atoms with van der Waals surface area (Å²) in [6.45, 7) is 0. The van der Waals surface area contributed by atoms with Gasteiger partial charge in [0, 0.05) is 38.9 Å². The van der Waals surface area contributed by atoms with E-state index in [1.54, 1.807) is 0 Å². The Morgan fingerprint density at radius 2 is 1.36 bits per heavy atom. The number of pyridine rings is 2. The summed E-state index contributed by atoms with van der Waals surface area (Å²) in [5.41, 5.74) is 11.7. The average molecular weight is 577 g/mol. The molecule has 0 radical (unpaired) electrons. The predicted molar refractivity (Wildman–Crippen MR) is 187 cm³/mol. The standard InChI is InChI=1S/C41H28N4/c1-3-10-26(11-4-1)30-14-7-17-33-37(30)32-16-8-15-31(40(32)45-41(33)36-18-9-25-42-36)35-24-22-29-20-19-28-21-23-34(27-12-5-2-6-13-27)43-38(28)39(29)44-35/h1-25,35,42,44H. The lowest BCUT2D eigenvalue weighted by Gasteiger charge is -2.25. The first-order valence-corrected chi connectivity index (χ1v) is 15.3. The second-order valence-electron chi connectivity index (χ2n) is 11.5. The van der Waals surface area contributed by atoms with E-state index in [1.807, 2.05) is 18.3 Å². The highest BCUT2D eigenvalue weighted by Crippen LogP contribution is 2.42. The van der Waals surface area contributed by atoms with Gasteiger partial charge in [-0.15, -0.1) is 0 Å². The van der Waals surface area contributed by atoms with Gasteiger partial charge < -0.3 is 10.3 Å². The van der Waals surface area contributed by atoms with Gasteiger partial charge in [-0.1, -0.05) is 127 Å². The number of fused-ring (bicyclic) bond motifs is 6. The van der Waals surface area contributed by atoms with Crippen molar-refractivity contribution in [2.24, 2.45) is 0 Å². The lowest BCUT2D eigenvalue weighted by atomic mass is 9.91. The van der Waals surface area contributed by atoms with Gasteiger partial charge in [0.1, 0.15) is 0 Å². The topological polar surface area (TPSA) is 53.6 Å². The van der Waals surface area contributed by atoms with Crippen molar-refractivity contribution in [2.75, 3.05) is 5.32 Å². The van der Waals surface area contributed by atoms with E-state index >= 15 is 0 Å². The van der Waals surface area contributed by atoms with Crippen LogP contribution in [0.15, 0.2) is 146 Å². The number of H-pyrrole nitrogens is 1. The molecule has 0 amide bonds. The Balaban J connectivity index is 1.25. The van der Waals surface area contributed by atoms with Crippen LogP contribution in [0, 0.1) is 0 Å². The zero-order valence-electron chi connectivity index (χ0n) is 24.4. The van der Waals surface area contributed by atoms with Crippen LogP contribution in [0.1, 0.15) is 17.2 Å². The Hall–Kier alpha value is -6.00. The molecule has 9 rings (SSSR count). The first-order chi connectivity index (χ1) is 22.3. The Kier molecular flexibility index (Phi) is 5.85. The highest BCUT2D eigenvalue weighted by atomic mass is 15.0. The summed E-state index contributed by atoms with van der Waals surface area (Å²) >= 11 is 0. The minimum atomic E-state index is -0.0840. The normalized spacial score (nSPS) is 14.1. The van der Waals surface area contributed by atoms with Crippen LogP contribution >= 0.6 is 0 Å². The Bertz CT molecular complexity index is 2390. The third-order valence-corrected chi connectivity index (χ3v) is 8.88. The van der Waals surface area contributed by atoms with Crippen molar-refractivity contribution in [3.63, 3.8) is 0 Å². The molecule has 8 aromatic rings. The van der Waals surface area contributed by atoms with Crippen molar-refractivity contribution in [3.05, 3.63) is 157 Å². The quantitative estimate of drug-likeness (QED) is 0.205. The minimum Gasteiger partial charge on any atom is -0.372 e. The minimum absolute atomic E-state index is 0.0840. The largest absolute Gasteiger partial charge is 0.372 e. The molecule has 45 heavy (non-hydrogen) atoms. The van der Waals surface area contributed by atoms with Gasteiger partial charge in [-0.3, -0.25) is 0 Å². The molecule has 0 fully saturated rings. The zero-order valence-corrected chi connectivity index (χ0v) is 24.4. The van der Waals surface area contributed by atoms with Crippen LogP contribution in [0.2, 0.25) is 0 Å². The molecule has 1 unspecified atom stereocenters. The van der Waals surface area contributed by atoms with E-state index in [9.17, 15) is 0 Å². The summed E-state index contributed by atoms with van der Waals surface area (Å²) in [4.78, 5) is 14.0. The number of benzene rings is 5. The van der Waals surface area contributed by atoms with Crippen LogP contribution in [0.5, 0.6) is 0 Å². The molecule has 2 N–H and O–H groups in total. The third-order valence-electron chi connectivity index (χ3n) is 8.88. The maximum atomic E-state index is 5.41. The number of hydrogen-bond donors (Lipinski definition) is 2. The van der Waals surface area contributed by atoms with Crippen LogP contribution in [0.3, 0.4) is 0 Å². The first kappa shape index (κ1) is 25.5. The molecule has 0 saturated carbocycles. The molecule has 5 aromatic carbocycles. The summed E-state index contributed by atoms with van der Waals surface area (Å²) in [6.07, 6.45) is 6.42. The molecule has 1 aliphatic rings. The third kappa shape index (κ3) is 4.22. The molecular formula is C41H28N4.